The van der Waals surface area contributed by atoms with Crippen LogP contribution in [0, 0.1) is 0 Å². The van der Waals surface area contributed by atoms with Crippen LogP contribution in [-0.2, 0) is 52.3 Å². The number of esters is 3. The van der Waals surface area contributed by atoms with E-state index >= 15 is 0 Å². The Morgan fingerprint density at radius 2 is 0.933 bits per heavy atom. The summed E-state index contributed by atoms with van der Waals surface area (Å²) in [5, 5.41) is 151. The number of aromatic hydroxyl groups is 5. The van der Waals surface area contributed by atoms with Crippen LogP contribution in [0.3, 0.4) is 0 Å². The molecule has 32 heteroatoms. The molecule has 4 aromatic carbocycles. The molecule has 3 saturated heterocycles. The minimum Gasteiger partial charge on any atom is -0.571 e. The average molecular weight is 1270 g/mol. The van der Waals surface area contributed by atoms with E-state index < -0.39 is 166 Å². The highest BCUT2D eigenvalue weighted by Gasteiger charge is 2.50. The number of phenols is 4. The second-order valence-electron chi connectivity index (χ2n) is 20.3. The van der Waals surface area contributed by atoms with E-state index in [1.54, 1.807) is 0 Å². The van der Waals surface area contributed by atoms with Gasteiger partial charge in [0.15, 0.2) is 40.3 Å². The van der Waals surface area contributed by atoms with Gasteiger partial charge in [0, 0.05) is 24.3 Å². The molecule has 0 bridgehead atoms. The Bertz CT molecular complexity index is 3280. The number of benzene rings is 4. The highest BCUT2D eigenvalue weighted by molar-refractivity contribution is 5.90. The van der Waals surface area contributed by atoms with Crippen molar-refractivity contribution in [2.75, 3.05) is 48.3 Å². The van der Waals surface area contributed by atoms with Crippen LogP contribution in [0.25, 0.3) is 18.2 Å². The minimum absolute atomic E-state index is 0.0135. The molecule has 0 aliphatic carbocycles. The highest BCUT2D eigenvalue weighted by Crippen LogP contribution is 2.48. The Labute approximate surface area is 508 Å². The van der Waals surface area contributed by atoms with E-state index in [2.05, 4.69) is 0 Å². The molecular formula is C58H65O32+. The summed E-state index contributed by atoms with van der Waals surface area (Å²) in [4.78, 5) is 48.9. The molecule has 1 unspecified atom stereocenters. The normalized spacial score (nSPS) is 28.1. The molecule has 32 nitrogen and oxygen atoms in total. The van der Waals surface area contributed by atoms with Crippen LogP contribution in [-0.4, -0.2) is 240 Å². The van der Waals surface area contributed by atoms with E-state index in [-0.39, 0.29) is 62.9 Å². The number of aliphatic hydroxyl groups is 10. The zero-order valence-corrected chi connectivity index (χ0v) is 47.8. The van der Waals surface area contributed by atoms with Crippen LogP contribution in [0.1, 0.15) is 34.8 Å². The number of phenolic OH excluding ortho intramolecular Hbond substituents is 4. The van der Waals surface area contributed by atoms with Crippen LogP contribution in [0.5, 0.6) is 63.2 Å². The second-order valence-corrected chi connectivity index (χ2v) is 20.3. The Hall–Kier alpha value is -8.90. The predicted molar refractivity (Wildman–Crippen MR) is 297 cm³/mol. The number of ether oxygens (including phenoxy) is 14. The maximum Gasteiger partial charge on any atom is 0.330 e. The maximum atomic E-state index is 12.9. The molecular weight excluding hydrogens is 1210 g/mol. The molecule has 16 atom stereocenters. The van der Waals surface area contributed by atoms with Gasteiger partial charge in [0.2, 0.25) is 30.4 Å². The summed E-state index contributed by atoms with van der Waals surface area (Å²) in [6, 6.07) is 11.2. The summed E-state index contributed by atoms with van der Waals surface area (Å²) in [6.45, 7) is -2.30. The fraction of sp³-hybridized carbons (Fsp3) is 0.414. The van der Waals surface area contributed by atoms with E-state index in [9.17, 15) is 85.6 Å². The van der Waals surface area contributed by atoms with Gasteiger partial charge in [0.1, 0.15) is 117 Å². The second kappa shape index (κ2) is 29.2. The van der Waals surface area contributed by atoms with Gasteiger partial charge >= 0.3 is 23.9 Å². The molecule has 0 amide bonds. The summed E-state index contributed by atoms with van der Waals surface area (Å²) in [6.07, 6.45) is -25.2. The van der Waals surface area contributed by atoms with Gasteiger partial charge < -0.3 is 138 Å². The van der Waals surface area contributed by atoms with Gasteiger partial charge in [-0.1, -0.05) is 0 Å². The van der Waals surface area contributed by atoms with Gasteiger partial charge in [0.25, 0.3) is 11.9 Å². The van der Waals surface area contributed by atoms with Crippen LogP contribution in [0.15, 0.2) is 72.5 Å². The smallest absolute Gasteiger partial charge is 0.330 e. The largest absolute Gasteiger partial charge is 0.571 e. The lowest BCUT2D eigenvalue weighted by atomic mass is 9.98. The molecule has 8 rings (SSSR count). The molecule has 15 N–H and O–H groups in total. The SMILES string of the molecule is COc1cc(/C=C/C(=O)OC[C@@H]2O[C@@H](Oc3cc(O)c4c(c3)[OH+]C(c3ccc(O)c(O[C@@H]5O[C@H](COC(=O)/C=C/c6cc(OC)c(O)c(OC)c6)[C@H](O)[C@@H](O)[C@@H]5O)c3)C(O[C@@H]3O[C@H](COC(=O)CC(=O)O)[C@H](O)[C@H](O)[C@H]3O)=C4)[C@@H](O)[C@@H](O)[C@H]2O)cc(OC)c1O. The number of carboxylic acids is 1. The van der Waals surface area contributed by atoms with E-state index in [4.69, 9.17) is 71.4 Å². The van der Waals surface area contributed by atoms with E-state index in [0.717, 1.165) is 30.4 Å². The van der Waals surface area contributed by atoms with Crippen molar-refractivity contribution in [3.63, 3.8) is 0 Å². The van der Waals surface area contributed by atoms with E-state index in [1.165, 1.54) is 83.1 Å². The summed E-state index contributed by atoms with van der Waals surface area (Å²) in [7, 11) is 5.20. The fourth-order valence-electron chi connectivity index (χ4n) is 9.45. The molecule has 3 fully saturated rings. The molecule has 0 aromatic heterocycles. The molecule has 4 heterocycles. The van der Waals surface area contributed by atoms with Crippen molar-refractivity contribution in [1.82, 2.24) is 0 Å². The molecule has 488 valence electrons. The van der Waals surface area contributed by atoms with Crippen LogP contribution < -0.4 is 28.4 Å². The third-order valence-corrected chi connectivity index (χ3v) is 14.3. The van der Waals surface area contributed by atoms with Crippen LogP contribution in [0.2, 0.25) is 0 Å². The molecule has 0 saturated carbocycles. The number of hydrogen-bond donors (Lipinski definition) is 14. The van der Waals surface area contributed by atoms with Crippen LogP contribution >= 0.6 is 0 Å². The first-order valence-electron chi connectivity index (χ1n) is 27.0. The number of methoxy groups -OCH3 is 4. The quantitative estimate of drug-likeness (QED) is 0.0134. The summed E-state index contributed by atoms with van der Waals surface area (Å²) >= 11 is 0. The van der Waals surface area contributed by atoms with Crippen molar-refractivity contribution in [2.45, 2.75) is 105 Å². The number of aliphatic hydroxyl groups excluding tert-OH is 9. The van der Waals surface area contributed by atoms with Crippen molar-refractivity contribution >= 4 is 42.1 Å². The molecule has 90 heavy (non-hydrogen) atoms. The monoisotopic (exact) mass is 1270 g/mol. The average Bonchev–Trinajstić information content (AvgIpc) is 0.855. The topological polar surface area (TPSA) is 484 Å². The Morgan fingerprint density at radius 3 is 1.38 bits per heavy atom. The molecule has 4 aromatic rings. The van der Waals surface area contributed by atoms with Gasteiger partial charge in [-0.15, -0.1) is 0 Å². The summed E-state index contributed by atoms with van der Waals surface area (Å²) in [5.41, 5.74) is 0.529. The Kier molecular flexibility index (Phi) is 21.7. The van der Waals surface area contributed by atoms with Crippen molar-refractivity contribution in [3.8, 4) is 63.2 Å². The Balaban J connectivity index is 1.03. The van der Waals surface area contributed by atoms with Crippen molar-refractivity contribution in [1.29, 1.82) is 0 Å². The first kappa shape index (κ1) is 67.0. The van der Waals surface area contributed by atoms with Gasteiger partial charge in [-0.05, 0) is 65.7 Å². The van der Waals surface area contributed by atoms with E-state index in [1.807, 2.05) is 0 Å². The van der Waals surface area contributed by atoms with Crippen molar-refractivity contribution < 1.29 is 157 Å². The lowest BCUT2D eigenvalue weighted by Gasteiger charge is -2.41. The number of carbonyl (C=O) groups excluding carboxylic acids is 3. The lowest BCUT2D eigenvalue weighted by Crippen LogP contribution is -2.60. The van der Waals surface area contributed by atoms with Gasteiger partial charge in [-0.25, -0.2) is 9.59 Å². The lowest BCUT2D eigenvalue weighted by molar-refractivity contribution is -0.296. The van der Waals surface area contributed by atoms with Gasteiger partial charge in [0.05, 0.1) is 40.1 Å². The first-order valence-corrected chi connectivity index (χ1v) is 27.0. The summed E-state index contributed by atoms with van der Waals surface area (Å²) < 4.78 is 75.8. The third-order valence-electron chi connectivity index (χ3n) is 14.3. The van der Waals surface area contributed by atoms with E-state index in [0.29, 0.717) is 11.1 Å². The van der Waals surface area contributed by atoms with Crippen molar-refractivity contribution in [2.24, 2.45) is 0 Å². The van der Waals surface area contributed by atoms with Gasteiger partial charge in [-0.3, -0.25) is 9.59 Å². The molecule has 4 aliphatic heterocycles. The number of hydrogen-bond acceptors (Lipinski definition) is 30. The zero-order valence-electron chi connectivity index (χ0n) is 47.8. The maximum absolute atomic E-state index is 12.9. The first-order chi connectivity index (χ1) is 42.8. The summed E-state index contributed by atoms with van der Waals surface area (Å²) in [5.74, 6) is -7.74. The Morgan fingerprint density at radius 1 is 0.500 bits per heavy atom. The molecule has 4 aliphatic rings. The third kappa shape index (κ3) is 15.4. The number of carbonyl (C=O) groups is 4. The molecule has 0 spiro atoms. The highest BCUT2D eigenvalue weighted by atomic mass is 16.7. The number of fused-ring (bicyclic) bond motifs is 1. The number of aliphatic carboxylic acids is 1. The van der Waals surface area contributed by atoms with Crippen LogP contribution in [0.4, 0.5) is 0 Å². The fourth-order valence-corrected chi connectivity index (χ4v) is 9.45. The standard InChI is InChI=1S/C58H64O32/c1-77-32-11-23(12-33(78-2)44(32)66)5-9-41(63)81-20-37-46(68)49(71)52(74)56(88-37)84-26-16-29(60)27-18-36(87-58-54(76)51(73)48(70)39(90-58)22-83-43(65)19-40(61)62)55(85-30(27)17-26)25-7-8-28(59)31(15-25)86-57-53(75)50(72)47(69)38(89-57)21-82-42(64)10-6-24-13-34(79-3)45(67)35(14-24)80-4/h5-18,37-39,46-60,66-76H,19-22H2,1-4H3,(H,61,62)/p+1/b9-5+,10-6+/t37-,38+,39+,46-,47-,48-,49-,50+,51-,52-,53-,54+,55?,56+,57+,58+/m0/s1. The number of rotatable bonds is 23. The zero-order chi connectivity index (χ0) is 65.4. The predicted octanol–water partition coefficient (Wildman–Crippen LogP) is -1.39. The minimum atomic E-state index is -2.08. The molecule has 0 radical (unpaired) electrons. The van der Waals surface area contributed by atoms with Crippen molar-refractivity contribution in [3.05, 3.63) is 94.8 Å². The van der Waals surface area contributed by atoms with Gasteiger partial charge in [-0.2, -0.15) is 0 Å². The number of carboxylic acid groups (broad SMARTS) is 1.